The zero-order chi connectivity index (χ0) is 13.5. The van der Waals surface area contributed by atoms with Gasteiger partial charge in [0.05, 0.1) is 0 Å². The van der Waals surface area contributed by atoms with Crippen LogP contribution in [0.15, 0.2) is 48.5 Å². The van der Waals surface area contributed by atoms with Crippen molar-refractivity contribution in [2.45, 2.75) is 10.7 Å². The lowest BCUT2D eigenvalue weighted by molar-refractivity contribution is 0.455. The fraction of sp³-hybridized carbons (Fsp3) is 0.143. The van der Waals surface area contributed by atoms with Crippen LogP contribution in [0, 0.1) is 0 Å². The summed E-state index contributed by atoms with van der Waals surface area (Å²) < 4.78 is 11.3. The van der Waals surface area contributed by atoms with Crippen LogP contribution in [0.2, 0.25) is 0 Å². The molecule has 5 heteroatoms. The van der Waals surface area contributed by atoms with Gasteiger partial charge in [-0.2, -0.15) is 0 Å². The van der Waals surface area contributed by atoms with E-state index in [1.807, 2.05) is 48.5 Å². The molecule has 0 spiro atoms. The number of hydrogen-bond acceptors (Lipinski definition) is 2. The molecule has 0 aliphatic carbocycles. The van der Waals surface area contributed by atoms with Gasteiger partial charge < -0.3 is 9.31 Å². The van der Waals surface area contributed by atoms with E-state index in [0.717, 1.165) is 33.3 Å². The lowest BCUT2D eigenvalue weighted by atomic mass is 10.2. The monoisotopic (exact) mass is 382 g/mol. The van der Waals surface area contributed by atoms with Crippen LogP contribution in [0.25, 0.3) is 0 Å². The van der Waals surface area contributed by atoms with Gasteiger partial charge in [0.15, 0.2) is 0 Å². The van der Waals surface area contributed by atoms with Gasteiger partial charge in [-0.05, 0) is 12.1 Å². The molecule has 0 unspecified atom stereocenters. The minimum Gasteiger partial charge on any atom is -0.528 e. The van der Waals surface area contributed by atoms with Crippen LogP contribution in [-0.2, 0) is 10.7 Å². The van der Waals surface area contributed by atoms with Gasteiger partial charge in [-0.1, -0.05) is 68.3 Å². The van der Waals surface area contributed by atoms with Crippen molar-refractivity contribution in [1.82, 2.24) is 0 Å². The van der Waals surface area contributed by atoms with E-state index < -0.39 is 0 Å². The van der Waals surface area contributed by atoms with Crippen molar-refractivity contribution < 1.29 is 9.31 Å². The fourth-order valence-electron chi connectivity index (χ4n) is 1.67. The lowest BCUT2D eigenvalue weighted by Crippen LogP contribution is -2.12. The van der Waals surface area contributed by atoms with E-state index in [0.29, 0.717) is 0 Å². The van der Waals surface area contributed by atoms with Crippen molar-refractivity contribution in [1.29, 1.82) is 0 Å². The highest BCUT2D eigenvalue weighted by atomic mass is 79.9. The Morgan fingerprint density at radius 2 is 1.16 bits per heavy atom. The fourth-order valence-corrected chi connectivity index (χ4v) is 2.59. The maximum absolute atomic E-state index is 5.66. The molecule has 0 heterocycles. The minimum atomic E-state index is 0.202. The zero-order valence-electron chi connectivity index (χ0n) is 10.3. The highest BCUT2D eigenvalue weighted by molar-refractivity contribution is 9.08. The molecule has 0 radical (unpaired) electrons. The van der Waals surface area contributed by atoms with Crippen LogP contribution in [-0.4, -0.2) is 7.69 Å². The van der Waals surface area contributed by atoms with Crippen molar-refractivity contribution in [3.05, 3.63) is 59.7 Å². The average Bonchev–Trinajstić information content (AvgIpc) is 2.48. The van der Waals surface area contributed by atoms with E-state index in [-0.39, 0.29) is 7.69 Å². The van der Waals surface area contributed by atoms with E-state index in [2.05, 4.69) is 31.9 Å². The summed E-state index contributed by atoms with van der Waals surface area (Å²) in [5.74, 6) is 1.69. The molecule has 98 valence electrons. The second-order valence-corrected chi connectivity index (χ2v) is 5.01. The Bertz CT molecular complexity index is 487. The standard InChI is InChI=1S/C14H13BBr2O2/c16-9-11-5-1-3-7-13(11)18-15-19-14-8-4-2-6-12(14)10-17/h1-8,15H,9-10H2. The molecular formula is C14H13BBr2O2. The Morgan fingerprint density at radius 1 is 0.737 bits per heavy atom. The Hall–Kier alpha value is -0.935. The molecule has 0 aliphatic heterocycles. The second-order valence-electron chi connectivity index (χ2n) is 3.89. The second kappa shape index (κ2) is 7.60. The Balaban J connectivity index is 1.96. The molecule has 2 rings (SSSR count). The van der Waals surface area contributed by atoms with Crippen LogP contribution >= 0.6 is 31.9 Å². The van der Waals surface area contributed by atoms with E-state index in [4.69, 9.17) is 9.31 Å². The molecule has 2 nitrogen and oxygen atoms in total. The summed E-state index contributed by atoms with van der Waals surface area (Å²) in [5.41, 5.74) is 2.22. The number of hydrogen-bond donors (Lipinski definition) is 0. The van der Waals surface area contributed by atoms with Gasteiger partial charge in [0.25, 0.3) is 0 Å². The molecule has 0 atom stereocenters. The summed E-state index contributed by atoms with van der Waals surface area (Å²) in [6.45, 7) is 0. The third-order valence-electron chi connectivity index (χ3n) is 2.66. The highest BCUT2D eigenvalue weighted by Gasteiger charge is 2.06. The normalized spacial score (nSPS) is 10.0. The van der Waals surface area contributed by atoms with Crippen molar-refractivity contribution >= 4 is 39.5 Å². The van der Waals surface area contributed by atoms with E-state index >= 15 is 0 Å². The van der Waals surface area contributed by atoms with Crippen LogP contribution < -0.4 is 9.31 Å². The first kappa shape index (κ1) is 14.5. The minimum absolute atomic E-state index is 0.202. The van der Waals surface area contributed by atoms with Gasteiger partial charge in [-0.25, -0.2) is 0 Å². The number of rotatable bonds is 6. The molecule has 19 heavy (non-hydrogen) atoms. The summed E-state index contributed by atoms with van der Waals surface area (Å²) in [6.07, 6.45) is 0. The molecule has 0 fully saturated rings. The van der Waals surface area contributed by atoms with Crippen LogP contribution in [0.3, 0.4) is 0 Å². The van der Waals surface area contributed by atoms with Crippen LogP contribution in [0.1, 0.15) is 11.1 Å². The van der Waals surface area contributed by atoms with Gasteiger partial charge in [-0.15, -0.1) is 0 Å². The molecule has 0 aromatic heterocycles. The maximum atomic E-state index is 5.66. The average molecular weight is 384 g/mol. The lowest BCUT2D eigenvalue weighted by Gasteiger charge is -2.12. The van der Waals surface area contributed by atoms with E-state index in [1.165, 1.54) is 0 Å². The summed E-state index contributed by atoms with van der Waals surface area (Å²) in [5, 5.41) is 1.53. The highest BCUT2D eigenvalue weighted by Crippen LogP contribution is 2.22. The molecule has 2 aromatic rings. The number of benzene rings is 2. The van der Waals surface area contributed by atoms with E-state index in [1.54, 1.807) is 0 Å². The predicted molar refractivity (Wildman–Crippen MR) is 86.6 cm³/mol. The van der Waals surface area contributed by atoms with Crippen molar-refractivity contribution in [3.63, 3.8) is 0 Å². The van der Waals surface area contributed by atoms with E-state index in [9.17, 15) is 0 Å². The number of alkyl halides is 2. The molecular weight excluding hydrogens is 371 g/mol. The van der Waals surface area contributed by atoms with Gasteiger partial charge in [0.1, 0.15) is 11.5 Å². The maximum Gasteiger partial charge on any atom is 0.576 e. The quantitative estimate of drug-likeness (QED) is 0.549. The van der Waals surface area contributed by atoms with Gasteiger partial charge in [0, 0.05) is 21.8 Å². The SMILES string of the molecule is BrCc1ccccc1OBOc1ccccc1CBr. The van der Waals surface area contributed by atoms with Crippen molar-refractivity contribution in [3.8, 4) is 11.5 Å². The smallest absolute Gasteiger partial charge is 0.528 e. The third-order valence-corrected chi connectivity index (χ3v) is 3.87. The summed E-state index contributed by atoms with van der Waals surface area (Å²) in [7, 11) is 0.202. The van der Waals surface area contributed by atoms with Gasteiger partial charge >= 0.3 is 7.69 Å². The molecule has 0 N–H and O–H groups in total. The third kappa shape index (κ3) is 4.01. The van der Waals surface area contributed by atoms with Crippen molar-refractivity contribution in [2.75, 3.05) is 0 Å². The predicted octanol–water partition coefficient (Wildman–Crippen LogP) is 4.20. The molecule has 0 aliphatic rings. The van der Waals surface area contributed by atoms with Crippen molar-refractivity contribution in [2.24, 2.45) is 0 Å². The largest absolute Gasteiger partial charge is 0.576 e. The first-order chi connectivity index (χ1) is 9.35. The summed E-state index contributed by atoms with van der Waals surface area (Å²) in [6, 6.07) is 15.8. The first-order valence-corrected chi connectivity index (χ1v) is 8.12. The van der Waals surface area contributed by atoms with Gasteiger partial charge in [-0.3, -0.25) is 0 Å². The Kier molecular flexibility index (Phi) is 5.79. The molecule has 0 saturated heterocycles. The molecule has 0 saturated carbocycles. The molecule has 0 bridgehead atoms. The van der Waals surface area contributed by atoms with Gasteiger partial charge in [0.2, 0.25) is 0 Å². The summed E-state index contributed by atoms with van der Waals surface area (Å²) >= 11 is 6.88. The molecule has 0 amide bonds. The van der Waals surface area contributed by atoms with Crippen LogP contribution in [0.4, 0.5) is 0 Å². The Morgan fingerprint density at radius 3 is 1.58 bits per heavy atom. The zero-order valence-corrected chi connectivity index (χ0v) is 13.5. The summed E-state index contributed by atoms with van der Waals surface area (Å²) in [4.78, 5) is 0. The molecule has 2 aromatic carbocycles. The van der Waals surface area contributed by atoms with Crippen LogP contribution in [0.5, 0.6) is 11.5 Å². The Labute approximate surface area is 130 Å². The number of para-hydroxylation sites is 2. The first-order valence-electron chi connectivity index (χ1n) is 5.88. The topological polar surface area (TPSA) is 18.5 Å². The number of halogens is 2.